The van der Waals surface area contributed by atoms with Crippen LogP contribution < -0.4 is 5.32 Å². The van der Waals surface area contributed by atoms with Gasteiger partial charge in [0.25, 0.3) is 0 Å². The minimum atomic E-state index is -0.0852. The van der Waals surface area contributed by atoms with Crippen LogP contribution in [0.4, 0.5) is 0 Å². The third-order valence-electron chi connectivity index (χ3n) is 14.1. The van der Waals surface area contributed by atoms with Gasteiger partial charge in [-0.3, -0.25) is 0 Å². The number of rotatable bonds is 5. The SMILES string of the molecule is CC1(C)C2=CC3C(C=C2c2ccc(-c4ccc(C5=C(c6ccccc6)NC(c6ccccc6)C(c6ccccc6)=N5)cc4)cc21)c1ccccc1C31CCCCC1. The Morgan fingerprint density at radius 3 is 1.93 bits per heavy atom. The summed E-state index contributed by atoms with van der Waals surface area (Å²) in [6.07, 6.45) is 12.1. The number of hydrogen-bond acceptors (Lipinski definition) is 2. The van der Waals surface area contributed by atoms with Gasteiger partial charge in [-0.2, -0.15) is 0 Å². The van der Waals surface area contributed by atoms with E-state index in [9.17, 15) is 0 Å². The van der Waals surface area contributed by atoms with Crippen molar-refractivity contribution in [1.29, 1.82) is 0 Å². The van der Waals surface area contributed by atoms with Gasteiger partial charge in [-0.15, -0.1) is 0 Å². The molecule has 4 aliphatic carbocycles. The van der Waals surface area contributed by atoms with Crippen LogP contribution in [0.5, 0.6) is 0 Å². The molecule has 278 valence electrons. The van der Waals surface area contributed by atoms with E-state index in [2.05, 4.69) is 189 Å². The van der Waals surface area contributed by atoms with Gasteiger partial charge >= 0.3 is 0 Å². The van der Waals surface area contributed by atoms with Crippen LogP contribution in [0.2, 0.25) is 0 Å². The second-order valence-corrected chi connectivity index (χ2v) is 17.4. The van der Waals surface area contributed by atoms with Crippen LogP contribution in [0.15, 0.2) is 180 Å². The van der Waals surface area contributed by atoms with Crippen molar-refractivity contribution in [3.8, 4) is 11.1 Å². The summed E-state index contributed by atoms with van der Waals surface area (Å²) in [6, 6.07) is 57.6. The lowest BCUT2D eigenvalue weighted by Gasteiger charge is -2.42. The van der Waals surface area contributed by atoms with Crippen molar-refractivity contribution >= 4 is 22.7 Å². The quantitative estimate of drug-likeness (QED) is 0.187. The van der Waals surface area contributed by atoms with Gasteiger partial charge in [0.05, 0.1) is 23.1 Å². The molecule has 3 atom stereocenters. The molecule has 0 amide bonds. The molecule has 0 radical (unpaired) electrons. The highest BCUT2D eigenvalue weighted by molar-refractivity contribution is 6.12. The van der Waals surface area contributed by atoms with Gasteiger partial charge in [0.15, 0.2) is 0 Å². The Balaban J connectivity index is 0.974. The number of benzene rings is 6. The topological polar surface area (TPSA) is 24.4 Å². The first-order valence-electron chi connectivity index (χ1n) is 21.0. The van der Waals surface area contributed by atoms with Gasteiger partial charge in [0, 0.05) is 22.3 Å². The Morgan fingerprint density at radius 1 is 0.561 bits per heavy atom. The second kappa shape index (κ2) is 13.3. The fraction of sp³-hybridized carbons (Fsp3) is 0.218. The zero-order chi connectivity index (χ0) is 38.1. The summed E-state index contributed by atoms with van der Waals surface area (Å²) in [6.45, 7) is 4.92. The fourth-order valence-corrected chi connectivity index (χ4v) is 11.2. The monoisotopic (exact) mass is 736 g/mol. The van der Waals surface area contributed by atoms with Crippen LogP contribution in [0.3, 0.4) is 0 Å². The van der Waals surface area contributed by atoms with Crippen molar-refractivity contribution in [1.82, 2.24) is 5.32 Å². The smallest absolute Gasteiger partial charge is 0.0947 e. The van der Waals surface area contributed by atoms with Gasteiger partial charge in [0.2, 0.25) is 0 Å². The number of nitrogens with one attached hydrogen (secondary N) is 1. The van der Waals surface area contributed by atoms with Crippen LogP contribution in [-0.4, -0.2) is 5.71 Å². The molecule has 0 bridgehead atoms. The molecule has 1 spiro atoms. The Bertz CT molecular complexity index is 2630. The molecule has 0 aromatic heterocycles. The van der Waals surface area contributed by atoms with E-state index in [1.165, 1.54) is 71.1 Å². The first-order valence-corrected chi connectivity index (χ1v) is 21.0. The van der Waals surface area contributed by atoms with Crippen LogP contribution in [-0.2, 0) is 10.8 Å². The van der Waals surface area contributed by atoms with E-state index >= 15 is 0 Å². The maximum absolute atomic E-state index is 5.54. The lowest BCUT2D eigenvalue weighted by atomic mass is 9.62. The van der Waals surface area contributed by atoms with Crippen molar-refractivity contribution in [2.45, 2.75) is 68.7 Å². The number of fused-ring (bicyclic) bond motifs is 8. The summed E-state index contributed by atoms with van der Waals surface area (Å²) in [4.78, 5) is 5.54. The van der Waals surface area contributed by atoms with Crippen molar-refractivity contribution in [2.24, 2.45) is 10.9 Å². The highest BCUT2D eigenvalue weighted by Crippen LogP contribution is 2.64. The third kappa shape index (κ3) is 5.41. The highest BCUT2D eigenvalue weighted by Gasteiger charge is 2.53. The molecular weight excluding hydrogens is 689 g/mol. The maximum Gasteiger partial charge on any atom is 0.0947 e. The molecule has 1 aliphatic heterocycles. The van der Waals surface area contributed by atoms with E-state index < -0.39 is 0 Å². The minimum absolute atomic E-state index is 0.0618. The van der Waals surface area contributed by atoms with Crippen molar-refractivity contribution in [3.63, 3.8) is 0 Å². The molecule has 57 heavy (non-hydrogen) atoms. The lowest BCUT2D eigenvalue weighted by Crippen LogP contribution is -2.35. The predicted molar refractivity (Wildman–Crippen MR) is 237 cm³/mol. The molecule has 1 saturated carbocycles. The van der Waals surface area contributed by atoms with E-state index in [-0.39, 0.29) is 16.9 Å². The normalized spacial score (nSPS) is 22.4. The van der Waals surface area contributed by atoms with E-state index in [1.54, 1.807) is 11.1 Å². The van der Waals surface area contributed by atoms with Crippen molar-refractivity contribution in [3.05, 3.63) is 220 Å². The van der Waals surface area contributed by atoms with E-state index in [1.807, 2.05) is 0 Å². The molecule has 2 heteroatoms. The largest absolute Gasteiger partial charge is 0.370 e. The molecule has 1 N–H and O–H groups in total. The molecule has 6 aromatic rings. The molecular formula is C55H48N2. The maximum atomic E-state index is 5.54. The first kappa shape index (κ1) is 34.3. The first-order chi connectivity index (χ1) is 28.0. The summed E-state index contributed by atoms with van der Waals surface area (Å²) >= 11 is 0. The minimum Gasteiger partial charge on any atom is -0.370 e. The summed E-state index contributed by atoms with van der Waals surface area (Å²) in [7, 11) is 0. The van der Waals surface area contributed by atoms with Crippen LogP contribution in [0.25, 0.3) is 28.1 Å². The van der Waals surface area contributed by atoms with E-state index in [0.717, 1.165) is 33.8 Å². The summed E-state index contributed by atoms with van der Waals surface area (Å²) in [5, 5.41) is 3.97. The molecule has 11 rings (SSSR count). The van der Waals surface area contributed by atoms with Gasteiger partial charge in [-0.25, -0.2) is 4.99 Å². The molecule has 1 heterocycles. The zero-order valence-corrected chi connectivity index (χ0v) is 32.9. The van der Waals surface area contributed by atoms with Gasteiger partial charge in [-0.1, -0.05) is 197 Å². The number of nitrogens with zero attached hydrogens (tertiary/aromatic N) is 1. The molecule has 3 unspecified atom stereocenters. The molecule has 0 saturated heterocycles. The number of allylic oxidation sites excluding steroid dienone is 4. The predicted octanol–water partition coefficient (Wildman–Crippen LogP) is 13.2. The Labute approximate surface area is 337 Å². The van der Waals surface area contributed by atoms with Crippen LogP contribution in [0, 0.1) is 5.92 Å². The highest BCUT2D eigenvalue weighted by atomic mass is 15.0. The summed E-state index contributed by atoms with van der Waals surface area (Å²) in [5.74, 6) is 1.01. The molecule has 2 nitrogen and oxygen atoms in total. The van der Waals surface area contributed by atoms with Gasteiger partial charge < -0.3 is 5.32 Å². The Hall–Kier alpha value is -5.99. The summed E-state index contributed by atoms with van der Waals surface area (Å²) < 4.78 is 0. The van der Waals surface area contributed by atoms with Crippen LogP contribution in [0.1, 0.15) is 102 Å². The summed E-state index contributed by atoms with van der Waals surface area (Å²) in [5.41, 5.74) is 19.3. The molecule has 5 aliphatic rings. The molecule has 6 aromatic carbocycles. The van der Waals surface area contributed by atoms with Gasteiger partial charge in [0.1, 0.15) is 0 Å². The van der Waals surface area contributed by atoms with Crippen molar-refractivity contribution in [2.75, 3.05) is 0 Å². The molecule has 1 fully saturated rings. The fourth-order valence-electron chi connectivity index (χ4n) is 11.2. The van der Waals surface area contributed by atoms with E-state index in [0.29, 0.717) is 11.8 Å². The van der Waals surface area contributed by atoms with Crippen LogP contribution >= 0.6 is 0 Å². The average Bonchev–Trinajstić information content (AvgIpc) is 3.66. The lowest BCUT2D eigenvalue weighted by molar-refractivity contribution is 0.232. The Kier molecular flexibility index (Phi) is 8.00. The number of hydrogen-bond donors (Lipinski definition) is 1. The van der Waals surface area contributed by atoms with E-state index in [4.69, 9.17) is 4.99 Å². The average molecular weight is 737 g/mol. The third-order valence-corrected chi connectivity index (χ3v) is 14.1. The standard InChI is InChI=1S/C55H48N2/c1-54(2)47-33-41(29-30-43(47)44-34-45-42-23-13-14-24-46(42)55(31-15-6-16-32-55)49(45)35-48(44)54)36-25-27-40(28-26-36)53-52(39-21-11-5-12-22-39)56-50(37-17-7-3-8-18-37)51(57-53)38-19-9-4-10-20-38/h3-5,7-14,17-30,33-35,45,49-50,56H,6,15-16,31-32H2,1-2H3. The number of aliphatic imine (C=N–C) groups is 1. The zero-order valence-electron chi connectivity index (χ0n) is 32.9. The Morgan fingerprint density at radius 2 is 1.19 bits per heavy atom. The van der Waals surface area contributed by atoms with Crippen molar-refractivity contribution < 1.29 is 0 Å². The van der Waals surface area contributed by atoms with Gasteiger partial charge in [-0.05, 0) is 86.0 Å². The second-order valence-electron chi connectivity index (χ2n) is 17.4.